The predicted octanol–water partition coefficient (Wildman–Crippen LogP) is 4.51. The zero-order chi connectivity index (χ0) is 11.8. The number of hydrogen-bond donors (Lipinski definition) is 0. The minimum atomic E-state index is 0.478. The smallest absolute Gasteiger partial charge is 0.0711 e. The molecule has 0 fully saturated rings. The van der Waals surface area contributed by atoms with Crippen molar-refractivity contribution in [2.24, 2.45) is 0 Å². The zero-order valence-corrected chi connectivity index (χ0v) is 10.1. The molecule has 0 saturated carbocycles. The SMILES string of the molecule is CC(C)c1ccc2cc3ccccc3cc2n1. The van der Waals surface area contributed by atoms with Crippen LogP contribution in [0.5, 0.6) is 0 Å². The molecule has 0 N–H and O–H groups in total. The molecule has 0 saturated heterocycles. The molecular formula is C16H15N. The van der Waals surface area contributed by atoms with E-state index in [2.05, 4.69) is 62.4 Å². The molecule has 3 rings (SSSR count). The van der Waals surface area contributed by atoms with Crippen molar-refractivity contribution in [2.45, 2.75) is 19.8 Å². The second-order valence-corrected chi connectivity index (χ2v) is 4.78. The van der Waals surface area contributed by atoms with E-state index in [1.807, 2.05) is 0 Å². The summed E-state index contributed by atoms with van der Waals surface area (Å²) in [7, 11) is 0. The van der Waals surface area contributed by atoms with Crippen LogP contribution in [0.15, 0.2) is 48.5 Å². The minimum absolute atomic E-state index is 0.478. The topological polar surface area (TPSA) is 12.9 Å². The third-order valence-electron chi connectivity index (χ3n) is 3.17. The van der Waals surface area contributed by atoms with Crippen LogP contribution in [0.25, 0.3) is 21.7 Å². The molecule has 1 heteroatoms. The molecule has 17 heavy (non-hydrogen) atoms. The van der Waals surface area contributed by atoms with Gasteiger partial charge >= 0.3 is 0 Å². The van der Waals surface area contributed by atoms with Crippen LogP contribution < -0.4 is 0 Å². The van der Waals surface area contributed by atoms with E-state index in [0.717, 1.165) is 11.2 Å². The standard InChI is InChI=1S/C16H15N/c1-11(2)15-8-7-14-9-12-5-3-4-6-13(12)10-16(14)17-15/h3-11H,1-2H3. The van der Waals surface area contributed by atoms with Gasteiger partial charge in [0.25, 0.3) is 0 Å². The molecule has 0 radical (unpaired) electrons. The van der Waals surface area contributed by atoms with Crippen molar-refractivity contribution < 1.29 is 0 Å². The molecular weight excluding hydrogens is 206 g/mol. The third kappa shape index (κ3) is 1.78. The van der Waals surface area contributed by atoms with Gasteiger partial charge in [-0.1, -0.05) is 44.2 Å². The van der Waals surface area contributed by atoms with Crippen LogP contribution in [0.2, 0.25) is 0 Å². The lowest BCUT2D eigenvalue weighted by Crippen LogP contribution is -1.92. The molecule has 3 aromatic rings. The second kappa shape index (κ2) is 3.85. The van der Waals surface area contributed by atoms with Crippen LogP contribution in [0.1, 0.15) is 25.5 Å². The van der Waals surface area contributed by atoms with Crippen molar-refractivity contribution in [1.29, 1.82) is 0 Å². The second-order valence-electron chi connectivity index (χ2n) is 4.78. The molecule has 1 heterocycles. The van der Waals surface area contributed by atoms with Crippen LogP contribution in [0.3, 0.4) is 0 Å². The first-order chi connectivity index (χ1) is 8.24. The highest BCUT2D eigenvalue weighted by molar-refractivity contribution is 5.96. The van der Waals surface area contributed by atoms with Gasteiger partial charge in [-0.2, -0.15) is 0 Å². The lowest BCUT2D eigenvalue weighted by molar-refractivity contribution is 0.830. The van der Waals surface area contributed by atoms with E-state index < -0.39 is 0 Å². The highest BCUT2D eigenvalue weighted by Crippen LogP contribution is 2.23. The first-order valence-electron chi connectivity index (χ1n) is 6.03. The number of pyridine rings is 1. The van der Waals surface area contributed by atoms with Crippen molar-refractivity contribution >= 4 is 21.7 Å². The van der Waals surface area contributed by atoms with E-state index in [9.17, 15) is 0 Å². The first kappa shape index (κ1) is 10.3. The molecule has 0 spiro atoms. The van der Waals surface area contributed by atoms with Crippen LogP contribution in [0, 0.1) is 0 Å². The largest absolute Gasteiger partial charge is 0.253 e. The van der Waals surface area contributed by atoms with Gasteiger partial charge in [-0.25, -0.2) is 0 Å². The quantitative estimate of drug-likeness (QED) is 0.551. The van der Waals surface area contributed by atoms with E-state index in [1.165, 1.54) is 16.2 Å². The fraction of sp³-hybridized carbons (Fsp3) is 0.188. The monoisotopic (exact) mass is 221 g/mol. The summed E-state index contributed by atoms with van der Waals surface area (Å²) in [6.45, 7) is 4.35. The number of benzene rings is 2. The summed E-state index contributed by atoms with van der Waals surface area (Å²) in [6.07, 6.45) is 0. The molecule has 0 atom stereocenters. The van der Waals surface area contributed by atoms with E-state index in [0.29, 0.717) is 5.92 Å². The number of nitrogens with zero attached hydrogens (tertiary/aromatic N) is 1. The Bertz CT molecular complexity index is 683. The molecule has 0 aliphatic heterocycles. The molecule has 0 unspecified atom stereocenters. The van der Waals surface area contributed by atoms with Crippen LogP contribution in [-0.2, 0) is 0 Å². The molecule has 0 aliphatic rings. The molecule has 0 aliphatic carbocycles. The molecule has 1 nitrogen and oxygen atoms in total. The van der Waals surface area contributed by atoms with E-state index >= 15 is 0 Å². The highest BCUT2D eigenvalue weighted by atomic mass is 14.7. The van der Waals surface area contributed by atoms with Gasteiger partial charge in [0.2, 0.25) is 0 Å². The van der Waals surface area contributed by atoms with Gasteiger partial charge in [-0.3, -0.25) is 4.98 Å². The summed E-state index contributed by atoms with van der Waals surface area (Å²) in [6, 6.07) is 17.1. The van der Waals surface area contributed by atoms with Gasteiger partial charge in [-0.05, 0) is 34.9 Å². The average molecular weight is 221 g/mol. The van der Waals surface area contributed by atoms with Gasteiger partial charge in [0, 0.05) is 11.1 Å². The summed E-state index contributed by atoms with van der Waals surface area (Å²) in [5.74, 6) is 0.478. The molecule has 84 valence electrons. The van der Waals surface area contributed by atoms with Crippen LogP contribution in [-0.4, -0.2) is 4.98 Å². The summed E-state index contributed by atoms with van der Waals surface area (Å²) >= 11 is 0. The Morgan fingerprint density at radius 3 is 2.24 bits per heavy atom. The third-order valence-corrected chi connectivity index (χ3v) is 3.17. The lowest BCUT2D eigenvalue weighted by atomic mass is 10.0. The summed E-state index contributed by atoms with van der Waals surface area (Å²) < 4.78 is 0. The summed E-state index contributed by atoms with van der Waals surface area (Å²) in [4.78, 5) is 4.72. The Morgan fingerprint density at radius 1 is 0.824 bits per heavy atom. The number of rotatable bonds is 1. The number of hydrogen-bond acceptors (Lipinski definition) is 1. The Kier molecular flexibility index (Phi) is 2.32. The Labute approximate surface area is 101 Å². The molecule has 0 amide bonds. The van der Waals surface area contributed by atoms with Crippen molar-refractivity contribution in [1.82, 2.24) is 4.98 Å². The Morgan fingerprint density at radius 2 is 1.53 bits per heavy atom. The van der Waals surface area contributed by atoms with Gasteiger partial charge in [0.05, 0.1) is 5.52 Å². The normalized spacial score (nSPS) is 11.5. The number of aromatic nitrogens is 1. The van der Waals surface area contributed by atoms with Crippen molar-refractivity contribution in [3.63, 3.8) is 0 Å². The minimum Gasteiger partial charge on any atom is -0.253 e. The lowest BCUT2D eigenvalue weighted by Gasteiger charge is -2.07. The van der Waals surface area contributed by atoms with Gasteiger partial charge in [0.1, 0.15) is 0 Å². The summed E-state index contributed by atoms with van der Waals surface area (Å²) in [5.41, 5.74) is 2.25. The highest BCUT2D eigenvalue weighted by Gasteiger charge is 2.03. The van der Waals surface area contributed by atoms with E-state index in [-0.39, 0.29) is 0 Å². The van der Waals surface area contributed by atoms with Crippen molar-refractivity contribution in [3.8, 4) is 0 Å². The van der Waals surface area contributed by atoms with Crippen molar-refractivity contribution in [3.05, 3.63) is 54.2 Å². The molecule has 0 bridgehead atoms. The maximum Gasteiger partial charge on any atom is 0.0711 e. The number of fused-ring (bicyclic) bond motifs is 2. The van der Waals surface area contributed by atoms with Crippen molar-refractivity contribution in [2.75, 3.05) is 0 Å². The first-order valence-corrected chi connectivity index (χ1v) is 6.03. The van der Waals surface area contributed by atoms with Gasteiger partial charge < -0.3 is 0 Å². The van der Waals surface area contributed by atoms with E-state index in [4.69, 9.17) is 4.98 Å². The van der Waals surface area contributed by atoms with Crippen LogP contribution in [0.4, 0.5) is 0 Å². The Hall–Kier alpha value is -1.89. The van der Waals surface area contributed by atoms with Gasteiger partial charge in [-0.15, -0.1) is 0 Å². The van der Waals surface area contributed by atoms with Crippen LogP contribution >= 0.6 is 0 Å². The average Bonchev–Trinajstić information content (AvgIpc) is 2.35. The predicted molar refractivity (Wildman–Crippen MR) is 73.3 cm³/mol. The molecule has 1 aromatic heterocycles. The van der Waals surface area contributed by atoms with Gasteiger partial charge in [0.15, 0.2) is 0 Å². The maximum atomic E-state index is 4.72. The molecule has 2 aromatic carbocycles. The summed E-state index contributed by atoms with van der Waals surface area (Å²) in [5, 5.41) is 3.75. The maximum absolute atomic E-state index is 4.72. The van der Waals surface area contributed by atoms with E-state index in [1.54, 1.807) is 0 Å². The fourth-order valence-electron chi connectivity index (χ4n) is 2.15. The Balaban J connectivity index is 2.32. The fourth-order valence-corrected chi connectivity index (χ4v) is 2.15. The zero-order valence-electron chi connectivity index (χ0n) is 10.1.